The summed E-state index contributed by atoms with van der Waals surface area (Å²) in [5, 5.41) is 0. The Morgan fingerprint density at radius 3 is 2.82 bits per heavy atom. The van der Waals surface area contributed by atoms with E-state index in [2.05, 4.69) is 0 Å². The normalized spacial score (nSPS) is 26.2. The highest BCUT2D eigenvalue weighted by Gasteiger charge is 2.37. The van der Waals surface area contributed by atoms with Gasteiger partial charge in [-0.1, -0.05) is 6.92 Å². The molecule has 1 fully saturated rings. The van der Waals surface area contributed by atoms with Crippen molar-refractivity contribution in [1.29, 1.82) is 0 Å². The number of nitrogens with zero attached hydrogens (tertiary/aromatic N) is 1. The molecule has 1 saturated heterocycles. The number of carbonyl (C=O) groups excluding carboxylic acids is 2. The van der Waals surface area contributed by atoms with Gasteiger partial charge in [0.1, 0.15) is 6.29 Å². The molecular weight excluding hydrogens is 142 g/mol. The van der Waals surface area contributed by atoms with Crippen LogP contribution in [0.4, 0.5) is 0 Å². The molecule has 0 aromatic heterocycles. The number of amides is 1. The quantitative estimate of drug-likeness (QED) is 0.438. The van der Waals surface area contributed by atoms with Crippen LogP contribution in [0.2, 0.25) is 0 Å². The van der Waals surface area contributed by atoms with E-state index in [1.54, 1.807) is 4.90 Å². The van der Waals surface area contributed by atoms with Crippen molar-refractivity contribution >= 4 is 12.2 Å². The van der Waals surface area contributed by atoms with E-state index in [9.17, 15) is 9.59 Å². The highest BCUT2D eigenvalue weighted by molar-refractivity contribution is 5.84. The number of hydrogen-bond donors (Lipinski definition) is 0. The van der Waals surface area contributed by atoms with Crippen LogP contribution in [-0.2, 0) is 9.59 Å². The molecule has 1 heterocycles. The molecular formula is C8H13NO2. The van der Waals surface area contributed by atoms with E-state index in [1.165, 1.54) is 0 Å². The lowest BCUT2D eigenvalue weighted by atomic mass is 9.91. The van der Waals surface area contributed by atoms with Crippen LogP contribution >= 0.6 is 0 Å². The first kappa shape index (κ1) is 8.24. The van der Waals surface area contributed by atoms with E-state index in [0.717, 1.165) is 12.8 Å². The first-order valence-corrected chi connectivity index (χ1v) is 3.95. The van der Waals surface area contributed by atoms with Gasteiger partial charge in [0.05, 0.1) is 0 Å². The molecule has 0 N–H and O–H groups in total. The van der Waals surface area contributed by atoms with Crippen molar-refractivity contribution in [2.24, 2.45) is 5.92 Å². The lowest BCUT2D eigenvalue weighted by Crippen LogP contribution is -2.55. The fourth-order valence-electron chi connectivity index (χ4n) is 1.45. The maximum Gasteiger partial charge on any atom is 0.224 e. The van der Waals surface area contributed by atoms with Gasteiger partial charge in [0.2, 0.25) is 5.91 Å². The molecule has 0 spiro atoms. The van der Waals surface area contributed by atoms with Crippen LogP contribution in [0.3, 0.4) is 0 Å². The molecule has 11 heavy (non-hydrogen) atoms. The van der Waals surface area contributed by atoms with Gasteiger partial charge in [0, 0.05) is 24.9 Å². The molecule has 0 aliphatic carbocycles. The van der Waals surface area contributed by atoms with E-state index in [1.807, 2.05) is 13.8 Å². The van der Waals surface area contributed by atoms with Crippen LogP contribution in [0.1, 0.15) is 20.3 Å². The Labute approximate surface area is 66.4 Å². The monoisotopic (exact) mass is 155 g/mol. The van der Waals surface area contributed by atoms with Gasteiger partial charge in [-0.2, -0.15) is 0 Å². The summed E-state index contributed by atoms with van der Waals surface area (Å²) in [6.45, 7) is 4.51. The van der Waals surface area contributed by atoms with E-state index in [-0.39, 0.29) is 17.9 Å². The van der Waals surface area contributed by atoms with Crippen molar-refractivity contribution in [2.45, 2.75) is 26.3 Å². The number of hydrogen-bond acceptors (Lipinski definition) is 2. The molecule has 3 heteroatoms. The van der Waals surface area contributed by atoms with Gasteiger partial charge in [0.15, 0.2) is 0 Å². The molecule has 1 aliphatic heterocycles. The van der Waals surface area contributed by atoms with Gasteiger partial charge < -0.3 is 9.69 Å². The van der Waals surface area contributed by atoms with Gasteiger partial charge in [-0.25, -0.2) is 0 Å². The summed E-state index contributed by atoms with van der Waals surface area (Å²) in [6.07, 6.45) is 1.47. The summed E-state index contributed by atoms with van der Waals surface area (Å²) in [5.74, 6) is 0.166. The van der Waals surface area contributed by atoms with Crippen LogP contribution < -0.4 is 0 Å². The zero-order valence-corrected chi connectivity index (χ0v) is 6.91. The Bertz CT molecular complexity index is 179. The predicted molar refractivity (Wildman–Crippen MR) is 41.0 cm³/mol. The Hall–Kier alpha value is -0.860. The van der Waals surface area contributed by atoms with E-state index in [0.29, 0.717) is 6.42 Å². The molecule has 0 aromatic rings. The minimum Gasteiger partial charge on any atom is -0.339 e. The van der Waals surface area contributed by atoms with Crippen molar-refractivity contribution in [3.05, 3.63) is 0 Å². The van der Waals surface area contributed by atoms with Gasteiger partial charge in [0.25, 0.3) is 0 Å². The zero-order valence-electron chi connectivity index (χ0n) is 6.91. The average molecular weight is 155 g/mol. The number of rotatable bonds is 3. The molecule has 1 unspecified atom stereocenters. The maximum absolute atomic E-state index is 10.9. The second-order valence-corrected chi connectivity index (χ2v) is 2.95. The standard InChI is InChI=1S/C8H13NO2/c1-3-9-7(4-8(9)11)6(2)5-10/h5-7H,3-4H2,1-2H3/t6-,7?/m0/s1. The second-order valence-electron chi connectivity index (χ2n) is 2.95. The van der Waals surface area contributed by atoms with Crippen LogP contribution in [0.15, 0.2) is 0 Å². The SMILES string of the molecule is CCN1C(=O)CC1[C@@H](C)C=O. The highest BCUT2D eigenvalue weighted by atomic mass is 16.2. The number of carbonyl (C=O) groups is 2. The third kappa shape index (κ3) is 1.27. The van der Waals surface area contributed by atoms with Crippen molar-refractivity contribution in [1.82, 2.24) is 4.90 Å². The van der Waals surface area contributed by atoms with Gasteiger partial charge in [-0.05, 0) is 6.92 Å². The topological polar surface area (TPSA) is 37.4 Å². The minimum absolute atomic E-state index is 0.00681. The fourth-order valence-corrected chi connectivity index (χ4v) is 1.45. The average Bonchev–Trinajstić information content (AvgIpc) is 1.99. The molecule has 62 valence electrons. The lowest BCUT2D eigenvalue weighted by Gasteiger charge is -2.41. The molecule has 0 saturated carbocycles. The van der Waals surface area contributed by atoms with Crippen molar-refractivity contribution in [3.8, 4) is 0 Å². The first-order valence-electron chi connectivity index (χ1n) is 3.95. The Kier molecular flexibility index (Phi) is 2.27. The van der Waals surface area contributed by atoms with Gasteiger partial charge in [-0.3, -0.25) is 4.79 Å². The third-order valence-corrected chi connectivity index (χ3v) is 2.27. The van der Waals surface area contributed by atoms with Crippen molar-refractivity contribution in [2.75, 3.05) is 6.54 Å². The molecule has 1 aliphatic rings. The Morgan fingerprint density at radius 1 is 1.82 bits per heavy atom. The van der Waals surface area contributed by atoms with Crippen molar-refractivity contribution in [3.63, 3.8) is 0 Å². The summed E-state index contributed by atoms with van der Waals surface area (Å²) in [6, 6.07) is 0.171. The molecule has 0 bridgehead atoms. The Balaban J connectivity index is 2.50. The number of likely N-dealkylation sites (tertiary alicyclic amines) is 1. The Morgan fingerprint density at radius 2 is 2.45 bits per heavy atom. The predicted octanol–water partition coefficient (Wildman–Crippen LogP) is 0.442. The van der Waals surface area contributed by atoms with Crippen LogP contribution in [0, 0.1) is 5.92 Å². The van der Waals surface area contributed by atoms with Crippen LogP contribution in [0.25, 0.3) is 0 Å². The van der Waals surface area contributed by atoms with E-state index >= 15 is 0 Å². The lowest BCUT2D eigenvalue weighted by molar-refractivity contribution is -0.148. The van der Waals surface area contributed by atoms with Crippen molar-refractivity contribution < 1.29 is 9.59 Å². The minimum atomic E-state index is -0.00681. The highest BCUT2D eigenvalue weighted by Crippen LogP contribution is 2.24. The largest absolute Gasteiger partial charge is 0.339 e. The second kappa shape index (κ2) is 3.03. The summed E-state index contributed by atoms with van der Waals surface area (Å²) in [4.78, 5) is 23.0. The first-order chi connectivity index (χ1) is 5.20. The molecule has 0 radical (unpaired) electrons. The van der Waals surface area contributed by atoms with Gasteiger partial charge in [-0.15, -0.1) is 0 Å². The molecule has 0 aromatic carbocycles. The van der Waals surface area contributed by atoms with Crippen LogP contribution in [-0.4, -0.2) is 29.7 Å². The smallest absolute Gasteiger partial charge is 0.224 e. The summed E-state index contributed by atoms with van der Waals surface area (Å²) >= 11 is 0. The van der Waals surface area contributed by atoms with Crippen LogP contribution in [0.5, 0.6) is 0 Å². The molecule has 3 nitrogen and oxygen atoms in total. The molecule has 1 amide bonds. The fraction of sp³-hybridized carbons (Fsp3) is 0.750. The van der Waals surface area contributed by atoms with E-state index in [4.69, 9.17) is 0 Å². The molecule has 1 rings (SSSR count). The van der Waals surface area contributed by atoms with Gasteiger partial charge >= 0.3 is 0 Å². The third-order valence-electron chi connectivity index (χ3n) is 2.27. The number of β-lactam (4-membered cyclic amide) rings is 1. The zero-order chi connectivity index (χ0) is 8.43. The summed E-state index contributed by atoms with van der Waals surface area (Å²) < 4.78 is 0. The number of aldehydes is 1. The summed E-state index contributed by atoms with van der Waals surface area (Å²) in [7, 11) is 0. The van der Waals surface area contributed by atoms with E-state index < -0.39 is 0 Å². The summed E-state index contributed by atoms with van der Waals surface area (Å²) in [5.41, 5.74) is 0. The maximum atomic E-state index is 10.9. The molecule has 2 atom stereocenters.